The zero-order valence-electron chi connectivity index (χ0n) is 3.72. The first-order valence-corrected chi connectivity index (χ1v) is 1.63. The Morgan fingerprint density at radius 2 is 1.33 bits per heavy atom. The van der Waals surface area contributed by atoms with Crippen LogP contribution in [0.2, 0.25) is 0 Å². The molecule has 0 saturated heterocycles. The van der Waals surface area contributed by atoms with Crippen LogP contribution in [0.25, 0.3) is 0 Å². The van der Waals surface area contributed by atoms with Crippen LogP contribution in [0.3, 0.4) is 0 Å². The molecule has 0 rings (SSSR count). The minimum atomic E-state index is 0. The maximum absolute atomic E-state index is 7.91. The SMILES string of the molecule is OCCCO.[SbH3]. The van der Waals surface area contributed by atoms with Gasteiger partial charge in [-0.05, 0) is 6.42 Å². The first-order chi connectivity index (χ1) is 2.41. The summed E-state index contributed by atoms with van der Waals surface area (Å²) in [6, 6.07) is 0. The summed E-state index contributed by atoms with van der Waals surface area (Å²) in [5.41, 5.74) is 0. The summed E-state index contributed by atoms with van der Waals surface area (Å²) in [4.78, 5) is 0. The first kappa shape index (κ1) is 9.88. The molecule has 0 fully saturated rings. The van der Waals surface area contributed by atoms with Crippen LogP contribution in [-0.4, -0.2) is 47.9 Å². The van der Waals surface area contributed by atoms with Gasteiger partial charge in [-0.1, -0.05) is 0 Å². The van der Waals surface area contributed by atoms with E-state index in [2.05, 4.69) is 0 Å². The molecule has 0 saturated carbocycles. The molecule has 0 aromatic carbocycles. The van der Waals surface area contributed by atoms with Gasteiger partial charge in [0.15, 0.2) is 0 Å². The van der Waals surface area contributed by atoms with Gasteiger partial charge in [-0.2, -0.15) is 0 Å². The summed E-state index contributed by atoms with van der Waals surface area (Å²) in [6.07, 6.45) is 0.500. The topological polar surface area (TPSA) is 40.5 Å². The molecular formula is C3H11O2Sb. The van der Waals surface area contributed by atoms with E-state index in [-0.39, 0.29) is 37.6 Å². The van der Waals surface area contributed by atoms with E-state index in [1.807, 2.05) is 0 Å². The second-order valence-electron chi connectivity index (χ2n) is 0.801. The Bertz CT molecular complexity index is 16.3. The molecule has 2 N–H and O–H groups in total. The Balaban J connectivity index is 0. The Hall–Kier alpha value is 0.738. The third-order valence-electron chi connectivity index (χ3n) is 0.316. The van der Waals surface area contributed by atoms with Crippen molar-refractivity contribution in [2.24, 2.45) is 0 Å². The van der Waals surface area contributed by atoms with E-state index in [0.717, 1.165) is 0 Å². The summed E-state index contributed by atoms with van der Waals surface area (Å²) < 4.78 is 0. The number of hydrogen-bond donors (Lipinski definition) is 2. The molecule has 0 aliphatic rings. The quantitative estimate of drug-likeness (QED) is 0.516. The van der Waals surface area contributed by atoms with Gasteiger partial charge in [-0.25, -0.2) is 0 Å². The molecule has 0 aromatic rings. The molecule has 0 radical (unpaired) electrons. The van der Waals surface area contributed by atoms with Gasteiger partial charge in [0.2, 0.25) is 0 Å². The van der Waals surface area contributed by atoms with Crippen molar-refractivity contribution in [3.05, 3.63) is 0 Å². The summed E-state index contributed by atoms with van der Waals surface area (Å²) in [6.45, 7) is 0.188. The van der Waals surface area contributed by atoms with Gasteiger partial charge in [-0.3, -0.25) is 0 Å². The molecule has 40 valence electrons. The van der Waals surface area contributed by atoms with Crippen LogP contribution in [0.1, 0.15) is 6.42 Å². The minimum absolute atomic E-state index is 0. The van der Waals surface area contributed by atoms with Gasteiger partial charge in [0, 0.05) is 13.2 Å². The van der Waals surface area contributed by atoms with E-state index in [1.54, 1.807) is 0 Å². The molecule has 0 amide bonds. The van der Waals surface area contributed by atoms with E-state index in [4.69, 9.17) is 10.2 Å². The zero-order valence-corrected chi connectivity index (χ0v) is 7.76. The van der Waals surface area contributed by atoms with Crippen LogP contribution < -0.4 is 0 Å². The van der Waals surface area contributed by atoms with Crippen LogP contribution in [0.4, 0.5) is 0 Å². The Morgan fingerprint density at radius 3 is 1.33 bits per heavy atom. The van der Waals surface area contributed by atoms with Crippen LogP contribution >= 0.6 is 0 Å². The van der Waals surface area contributed by atoms with Crippen molar-refractivity contribution in [1.29, 1.82) is 0 Å². The molecule has 2 nitrogen and oxygen atoms in total. The Kier molecular flexibility index (Phi) is 15.2. The summed E-state index contributed by atoms with van der Waals surface area (Å²) in [5, 5.41) is 15.8. The molecular weight excluding hydrogens is 190 g/mol. The molecule has 0 spiro atoms. The van der Waals surface area contributed by atoms with Crippen molar-refractivity contribution < 1.29 is 10.2 Å². The third-order valence-corrected chi connectivity index (χ3v) is 0.316. The van der Waals surface area contributed by atoms with Crippen molar-refractivity contribution in [1.82, 2.24) is 0 Å². The molecule has 0 atom stereocenters. The second kappa shape index (κ2) is 9.22. The van der Waals surface area contributed by atoms with Gasteiger partial charge in [0.05, 0.1) is 0 Å². The molecule has 0 aromatic heterocycles. The summed E-state index contributed by atoms with van der Waals surface area (Å²) in [7, 11) is 0. The average Bonchev–Trinajstić information content (AvgIpc) is 1.41. The number of rotatable bonds is 2. The van der Waals surface area contributed by atoms with Crippen molar-refractivity contribution >= 4 is 24.4 Å². The monoisotopic (exact) mass is 200 g/mol. The van der Waals surface area contributed by atoms with Crippen molar-refractivity contribution in [3.63, 3.8) is 0 Å². The van der Waals surface area contributed by atoms with Gasteiger partial charge < -0.3 is 10.2 Å². The van der Waals surface area contributed by atoms with Crippen molar-refractivity contribution in [2.45, 2.75) is 6.42 Å². The zero-order chi connectivity index (χ0) is 4.12. The second-order valence-corrected chi connectivity index (χ2v) is 0.801. The van der Waals surface area contributed by atoms with Gasteiger partial charge in [-0.15, -0.1) is 0 Å². The maximum atomic E-state index is 7.91. The van der Waals surface area contributed by atoms with E-state index in [0.29, 0.717) is 6.42 Å². The predicted molar refractivity (Wildman–Crippen MR) is 28.7 cm³/mol. The van der Waals surface area contributed by atoms with Crippen LogP contribution in [-0.2, 0) is 0 Å². The number of aliphatic hydroxyl groups is 2. The first-order valence-electron chi connectivity index (χ1n) is 1.63. The van der Waals surface area contributed by atoms with Gasteiger partial charge >= 0.3 is 24.4 Å². The third kappa shape index (κ3) is 8.83. The molecule has 0 aliphatic heterocycles. The molecule has 3 heteroatoms. The number of aliphatic hydroxyl groups excluding tert-OH is 2. The fourth-order valence-electron chi connectivity index (χ4n) is 0.0707. The standard InChI is InChI=1S/C3H8O2.Sb.3H/c4-2-1-3-5;;;;/h4-5H,1-3H2;;;;. The summed E-state index contributed by atoms with van der Waals surface area (Å²) in [5.74, 6) is 0. The van der Waals surface area contributed by atoms with E-state index in [1.165, 1.54) is 0 Å². The van der Waals surface area contributed by atoms with Crippen molar-refractivity contribution in [3.8, 4) is 0 Å². The molecule has 0 heterocycles. The van der Waals surface area contributed by atoms with Crippen LogP contribution in [0.5, 0.6) is 0 Å². The predicted octanol–water partition coefficient (Wildman–Crippen LogP) is -1.82. The fraction of sp³-hybridized carbons (Fsp3) is 1.00. The van der Waals surface area contributed by atoms with Crippen molar-refractivity contribution in [2.75, 3.05) is 13.2 Å². The summed E-state index contributed by atoms with van der Waals surface area (Å²) >= 11 is 0. The van der Waals surface area contributed by atoms with E-state index >= 15 is 0 Å². The van der Waals surface area contributed by atoms with Gasteiger partial charge in [0.1, 0.15) is 0 Å². The van der Waals surface area contributed by atoms with Crippen LogP contribution in [0, 0.1) is 0 Å². The molecule has 0 bridgehead atoms. The van der Waals surface area contributed by atoms with Gasteiger partial charge in [0.25, 0.3) is 0 Å². The van der Waals surface area contributed by atoms with Crippen LogP contribution in [0.15, 0.2) is 0 Å². The Labute approximate surface area is 54.6 Å². The molecule has 0 unspecified atom stereocenters. The average molecular weight is 201 g/mol. The number of hydrogen-bond acceptors (Lipinski definition) is 2. The molecule has 0 aliphatic carbocycles. The fourth-order valence-corrected chi connectivity index (χ4v) is 0.0707. The normalized spacial score (nSPS) is 7.00. The molecule has 6 heavy (non-hydrogen) atoms. The van der Waals surface area contributed by atoms with E-state index < -0.39 is 0 Å². The van der Waals surface area contributed by atoms with E-state index in [9.17, 15) is 0 Å². The Morgan fingerprint density at radius 1 is 1.00 bits per heavy atom.